The van der Waals surface area contributed by atoms with Crippen LogP contribution in [-0.4, -0.2) is 21.3 Å². The molecule has 0 aromatic carbocycles. The van der Waals surface area contributed by atoms with Crippen LogP contribution in [0.25, 0.3) is 10.4 Å². The summed E-state index contributed by atoms with van der Waals surface area (Å²) in [5.41, 5.74) is -0.380. The molecule has 5 nitrogen and oxygen atoms in total. The molecule has 2 heterocycles. The fraction of sp³-hybridized carbons (Fsp3) is 0. The summed E-state index contributed by atoms with van der Waals surface area (Å²) in [7, 11) is 0. The maximum Gasteiger partial charge on any atom is 0.354 e. The number of hydrogen-bond acceptors (Lipinski definition) is 3. The maximum atomic E-state index is 11.4. The van der Waals surface area contributed by atoms with Crippen molar-refractivity contribution in [2.24, 2.45) is 0 Å². The van der Waals surface area contributed by atoms with Gasteiger partial charge in [0.2, 0.25) is 0 Å². The number of aromatic carboxylic acids is 1. The second kappa shape index (κ2) is 3.67. The van der Waals surface area contributed by atoms with Gasteiger partial charge in [0.1, 0.15) is 0 Å². The second-order valence-corrected chi connectivity index (χ2v) is 5.20. The molecule has 15 heavy (non-hydrogen) atoms. The molecule has 0 aliphatic heterocycles. The summed E-state index contributed by atoms with van der Waals surface area (Å²) in [6.07, 6.45) is 0. The number of aromatic nitrogens is 2. The van der Waals surface area contributed by atoms with Gasteiger partial charge in [-0.2, -0.15) is 0 Å². The number of hydrogen-bond donors (Lipinski definition) is 3. The molecule has 0 amide bonds. The molecule has 7 heteroatoms. The molecule has 0 bridgehead atoms. The molecule has 0 aliphatic carbocycles. The van der Waals surface area contributed by atoms with Crippen molar-refractivity contribution in [2.45, 2.75) is 0 Å². The van der Waals surface area contributed by atoms with Crippen LogP contribution >= 0.6 is 27.3 Å². The van der Waals surface area contributed by atoms with Crippen LogP contribution in [0.5, 0.6) is 0 Å². The molecular formula is C8H5BrN2O3S. The number of H-pyrrole nitrogens is 2. The van der Waals surface area contributed by atoms with Crippen LogP contribution < -0.4 is 5.56 Å². The van der Waals surface area contributed by atoms with Gasteiger partial charge in [-0.3, -0.25) is 15.0 Å². The molecule has 0 radical (unpaired) electrons. The van der Waals surface area contributed by atoms with Gasteiger partial charge in [-0.1, -0.05) is 0 Å². The third kappa shape index (κ3) is 1.75. The molecule has 2 rings (SSSR count). The van der Waals surface area contributed by atoms with Gasteiger partial charge < -0.3 is 5.11 Å². The van der Waals surface area contributed by atoms with Crippen molar-refractivity contribution >= 4 is 33.2 Å². The molecule has 0 aliphatic rings. The van der Waals surface area contributed by atoms with E-state index in [1.54, 1.807) is 12.1 Å². The zero-order valence-corrected chi connectivity index (χ0v) is 9.61. The first-order valence-corrected chi connectivity index (χ1v) is 5.50. The molecule has 0 unspecified atom stereocenters. The Labute approximate surface area is 95.9 Å². The van der Waals surface area contributed by atoms with Gasteiger partial charge in [0.25, 0.3) is 5.56 Å². The number of carbonyl (C=O) groups is 1. The standard InChI is InChI=1S/C8H5BrN2O3S/c9-4-2-1-3(15-4)5-6(8(13)14)10-11-7(5)12/h1-2H,(H,13,14)(H2,10,11,12). The van der Waals surface area contributed by atoms with E-state index in [9.17, 15) is 9.59 Å². The van der Waals surface area contributed by atoms with Crippen molar-refractivity contribution in [3.05, 3.63) is 32.0 Å². The molecule has 0 spiro atoms. The quantitative estimate of drug-likeness (QED) is 0.789. The predicted molar refractivity (Wildman–Crippen MR) is 59.4 cm³/mol. The third-order valence-electron chi connectivity index (χ3n) is 1.81. The van der Waals surface area contributed by atoms with Gasteiger partial charge in [0.15, 0.2) is 5.69 Å². The summed E-state index contributed by atoms with van der Waals surface area (Å²) in [5, 5.41) is 13.4. The number of carboxylic acid groups (broad SMARTS) is 1. The number of rotatable bonds is 2. The smallest absolute Gasteiger partial charge is 0.354 e. The molecule has 2 aromatic heterocycles. The van der Waals surface area contributed by atoms with Crippen LogP contribution in [0, 0.1) is 0 Å². The van der Waals surface area contributed by atoms with Gasteiger partial charge in [-0.15, -0.1) is 11.3 Å². The fourth-order valence-electron chi connectivity index (χ4n) is 1.20. The van der Waals surface area contributed by atoms with Crippen molar-refractivity contribution in [3.8, 4) is 10.4 Å². The van der Waals surface area contributed by atoms with Crippen LogP contribution in [0.4, 0.5) is 0 Å². The number of carboxylic acids is 1. The lowest BCUT2D eigenvalue weighted by atomic mass is 10.2. The van der Waals surface area contributed by atoms with Gasteiger partial charge in [-0.05, 0) is 28.1 Å². The number of thiophene rings is 1. The first-order chi connectivity index (χ1) is 7.09. The average Bonchev–Trinajstić information content (AvgIpc) is 2.71. The molecule has 3 N–H and O–H groups in total. The summed E-state index contributed by atoms with van der Waals surface area (Å²) in [4.78, 5) is 22.8. The monoisotopic (exact) mass is 288 g/mol. The molecule has 0 atom stereocenters. The third-order valence-corrected chi connectivity index (χ3v) is 3.45. The van der Waals surface area contributed by atoms with Gasteiger partial charge in [0, 0.05) is 4.88 Å². The SMILES string of the molecule is O=C(O)c1[nH][nH]c(=O)c1-c1ccc(Br)s1. The highest BCUT2D eigenvalue weighted by Gasteiger charge is 2.18. The van der Waals surface area contributed by atoms with E-state index in [1.165, 1.54) is 11.3 Å². The molecule has 0 fully saturated rings. The molecular weight excluding hydrogens is 284 g/mol. The first kappa shape index (κ1) is 10.2. The van der Waals surface area contributed by atoms with Gasteiger partial charge >= 0.3 is 5.97 Å². The van der Waals surface area contributed by atoms with Crippen LogP contribution in [-0.2, 0) is 0 Å². The van der Waals surface area contributed by atoms with Gasteiger partial charge in [0.05, 0.1) is 9.35 Å². The van der Waals surface area contributed by atoms with Crippen molar-refractivity contribution < 1.29 is 9.90 Å². The summed E-state index contributed by atoms with van der Waals surface area (Å²) in [6, 6.07) is 3.46. The second-order valence-electron chi connectivity index (χ2n) is 2.74. The lowest BCUT2D eigenvalue weighted by Crippen LogP contribution is -2.03. The Morgan fingerprint density at radius 3 is 2.67 bits per heavy atom. The van der Waals surface area contributed by atoms with E-state index in [0.717, 1.165) is 3.79 Å². The highest BCUT2D eigenvalue weighted by Crippen LogP contribution is 2.30. The van der Waals surface area contributed by atoms with E-state index in [2.05, 4.69) is 26.1 Å². The van der Waals surface area contributed by atoms with E-state index in [0.29, 0.717) is 4.88 Å². The summed E-state index contributed by atoms with van der Waals surface area (Å²) >= 11 is 4.56. The average molecular weight is 289 g/mol. The summed E-state index contributed by atoms with van der Waals surface area (Å²) < 4.78 is 0.842. The van der Waals surface area contributed by atoms with Crippen molar-refractivity contribution in [1.82, 2.24) is 10.2 Å². The van der Waals surface area contributed by atoms with E-state index in [4.69, 9.17) is 5.11 Å². The highest BCUT2D eigenvalue weighted by atomic mass is 79.9. The minimum atomic E-state index is -1.16. The van der Waals surface area contributed by atoms with Crippen LogP contribution in [0.15, 0.2) is 20.7 Å². The lowest BCUT2D eigenvalue weighted by molar-refractivity contribution is 0.0691. The van der Waals surface area contributed by atoms with E-state index in [1.807, 2.05) is 0 Å². The lowest BCUT2D eigenvalue weighted by Gasteiger charge is -1.92. The Hall–Kier alpha value is -1.34. The Kier molecular flexibility index (Phi) is 2.49. The Balaban J connectivity index is 2.66. The van der Waals surface area contributed by atoms with E-state index in [-0.39, 0.29) is 11.3 Å². The fourth-order valence-corrected chi connectivity index (χ4v) is 2.64. The molecule has 78 valence electrons. The topological polar surface area (TPSA) is 85.9 Å². The van der Waals surface area contributed by atoms with E-state index < -0.39 is 11.5 Å². The Morgan fingerprint density at radius 2 is 2.13 bits per heavy atom. The van der Waals surface area contributed by atoms with Crippen molar-refractivity contribution in [3.63, 3.8) is 0 Å². The normalized spacial score (nSPS) is 10.5. The zero-order chi connectivity index (χ0) is 11.0. The Morgan fingerprint density at radius 1 is 1.40 bits per heavy atom. The zero-order valence-electron chi connectivity index (χ0n) is 7.20. The number of halogens is 1. The van der Waals surface area contributed by atoms with Crippen molar-refractivity contribution in [2.75, 3.05) is 0 Å². The molecule has 0 saturated heterocycles. The molecule has 0 saturated carbocycles. The highest BCUT2D eigenvalue weighted by molar-refractivity contribution is 9.11. The minimum Gasteiger partial charge on any atom is -0.477 e. The first-order valence-electron chi connectivity index (χ1n) is 3.89. The number of aromatic amines is 2. The predicted octanol–water partition coefficient (Wildman–Crippen LogP) is 1.89. The van der Waals surface area contributed by atoms with Crippen LogP contribution in [0.1, 0.15) is 10.5 Å². The Bertz CT molecular complexity index is 568. The molecule has 2 aromatic rings. The maximum absolute atomic E-state index is 11.4. The number of nitrogens with one attached hydrogen (secondary N) is 2. The summed E-state index contributed by atoms with van der Waals surface area (Å²) in [6.45, 7) is 0. The van der Waals surface area contributed by atoms with Crippen LogP contribution in [0.3, 0.4) is 0 Å². The van der Waals surface area contributed by atoms with Crippen molar-refractivity contribution in [1.29, 1.82) is 0 Å². The van der Waals surface area contributed by atoms with Crippen LogP contribution in [0.2, 0.25) is 0 Å². The van der Waals surface area contributed by atoms with E-state index >= 15 is 0 Å². The minimum absolute atomic E-state index is 0.116. The summed E-state index contributed by atoms with van der Waals surface area (Å²) in [5.74, 6) is -1.16. The van der Waals surface area contributed by atoms with Gasteiger partial charge in [-0.25, -0.2) is 4.79 Å². The largest absolute Gasteiger partial charge is 0.477 e.